The Morgan fingerprint density at radius 2 is 1.77 bits per heavy atom. The second kappa shape index (κ2) is 11.1. The molecule has 1 saturated carbocycles. The van der Waals surface area contributed by atoms with Gasteiger partial charge < -0.3 is 29.3 Å². The van der Waals surface area contributed by atoms with Gasteiger partial charge in [-0.25, -0.2) is 4.79 Å². The van der Waals surface area contributed by atoms with Crippen molar-refractivity contribution in [2.75, 3.05) is 39.8 Å². The lowest BCUT2D eigenvalue weighted by Crippen LogP contribution is -2.52. The van der Waals surface area contributed by atoms with Gasteiger partial charge in [-0.1, -0.05) is 42.5 Å². The van der Waals surface area contributed by atoms with Gasteiger partial charge in [0, 0.05) is 44.6 Å². The lowest BCUT2D eigenvalue weighted by atomic mass is 9.70. The van der Waals surface area contributed by atoms with Gasteiger partial charge in [0.05, 0.1) is 42.8 Å². The number of carbonyl (C=O) groups is 1. The highest BCUT2D eigenvalue weighted by Gasteiger charge is 2.76. The number of benzene rings is 2. The maximum atomic E-state index is 13.0. The van der Waals surface area contributed by atoms with Crippen molar-refractivity contribution in [2.45, 2.75) is 49.6 Å². The summed E-state index contributed by atoms with van der Waals surface area (Å²) in [7, 11) is 1.50. The number of carbonyl (C=O) groups excluding carboxylic acids is 1. The summed E-state index contributed by atoms with van der Waals surface area (Å²) in [6.45, 7) is 8.12. The number of aromatic nitrogens is 1. The lowest BCUT2D eigenvalue weighted by Gasteiger charge is -2.41. The van der Waals surface area contributed by atoms with Crippen LogP contribution in [0.2, 0.25) is 0 Å². The molecule has 0 bridgehead atoms. The first-order valence-electron chi connectivity index (χ1n) is 14.9. The minimum absolute atomic E-state index is 0.318. The fourth-order valence-electron chi connectivity index (χ4n) is 7.27. The Morgan fingerprint density at radius 1 is 1.09 bits per heavy atom. The van der Waals surface area contributed by atoms with Gasteiger partial charge >= 0.3 is 6.09 Å². The zero-order chi connectivity index (χ0) is 31.3. The molecular weight excluding hydrogens is 560 g/mol. The molecule has 1 saturated heterocycles. The number of fused-ring (bicyclic) bond motifs is 3. The summed E-state index contributed by atoms with van der Waals surface area (Å²) in [5.41, 5.74) is -1.63. The van der Waals surface area contributed by atoms with Crippen LogP contribution in [0.1, 0.15) is 48.9 Å². The summed E-state index contributed by atoms with van der Waals surface area (Å²) in [4.78, 5) is 20.9. The van der Waals surface area contributed by atoms with Crippen molar-refractivity contribution < 1.29 is 29.2 Å². The van der Waals surface area contributed by atoms with E-state index in [-0.39, 0.29) is 6.09 Å². The number of aliphatic hydroxyl groups excluding tert-OH is 1. The van der Waals surface area contributed by atoms with E-state index in [2.05, 4.69) is 16.0 Å². The topological polar surface area (TPSA) is 128 Å². The van der Waals surface area contributed by atoms with Crippen LogP contribution in [0.4, 0.5) is 4.79 Å². The molecule has 1 amide bonds. The third-order valence-electron chi connectivity index (χ3n) is 9.11. The summed E-state index contributed by atoms with van der Waals surface area (Å²) < 4.78 is 18.1. The Morgan fingerprint density at radius 3 is 2.39 bits per heavy atom. The van der Waals surface area contributed by atoms with Crippen LogP contribution >= 0.6 is 0 Å². The molecule has 10 nitrogen and oxygen atoms in total. The largest absolute Gasteiger partial charge is 0.495 e. The number of nitrogens with zero attached hydrogens (tertiary/aromatic N) is 4. The fourth-order valence-corrected chi connectivity index (χ4v) is 7.27. The number of hydrogen-bond donors (Lipinski definition) is 2. The van der Waals surface area contributed by atoms with Gasteiger partial charge in [0.1, 0.15) is 17.1 Å². The second-order valence-corrected chi connectivity index (χ2v) is 12.8. The molecule has 1 unspecified atom stereocenters. The van der Waals surface area contributed by atoms with Crippen molar-refractivity contribution in [3.8, 4) is 17.6 Å². The molecule has 1 aromatic heterocycles. The van der Waals surface area contributed by atoms with E-state index in [9.17, 15) is 20.3 Å². The predicted molar refractivity (Wildman–Crippen MR) is 161 cm³/mol. The van der Waals surface area contributed by atoms with E-state index >= 15 is 0 Å². The van der Waals surface area contributed by atoms with Gasteiger partial charge in [-0.2, -0.15) is 5.26 Å². The maximum Gasteiger partial charge on any atom is 0.410 e. The van der Waals surface area contributed by atoms with Gasteiger partial charge in [0.15, 0.2) is 11.2 Å². The SMILES string of the molecule is COc1cncc2c1[C@]1(O)[C@H](O)[C@H](CN3CCN(C(=O)OC(C)(C)C)CC3)C(c3ccccc3)[C@]1(c1ccc(C#N)cc1)O2. The first-order valence-corrected chi connectivity index (χ1v) is 14.9. The van der Waals surface area contributed by atoms with Crippen molar-refractivity contribution in [2.24, 2.45) is 5.92 Å². The van der Waals surface area contributed by atoms with Gasteiger partial charge in [0.25, 0.3) is 0 Å². The summed E-state index contributed by atoms with van der Waals surface area (Å²) in [5, 5.41) is 34.9. The van der Waals surface area contributed by atoms with Crippen molar-refractivity contribution >= 4 is 6.09 Å². The first kappa shape index (κ1) is 29.9. The average Bonchev–Trinajstić information content (AvgIpc) is 3.39. The van der Waals surface area contributed by atoms with Crippen LogP contribution in [0.3, 0.4) is 0 Å². The quantitative estimate of drug-likeness (QED) is 0.451. The third-order valence-corrected chi connectivity index (χ3v) is 9.11. The molecule has 230 valence electrons. The summed E-state index contributed by atoms with van der Waals surface area (Å²) in [5.74, 6) is -0.353. The molecule has 5 atom stereocenters. The van der Waals surface area contributed by atoms with Crippen molar-refractivity contribution in [1.82, 2.24) is 14.8 Å². The Kier molecular flexibility index (Phi) is 7.52. The number of piperazine rings is 1. The molecule has 1 aliphatic carbocycles. The van der Waals surface area contributed by atoms with E-state index in [0.717, 1.165) is 5.56 Å². The number of hydrogen-bond acceptors (Lipinski definition) is 9. The molecule has 3 heterocycles. The Hall–Kier alpha value is -4.17. The van der Waals surface area contributed by atoms with Gasteiger partial charge in [0.2, 0.25) is 0 Å². The van der Waals surface area contributed by atoms with Crippen LogP contribution in [0.25, 0.3) is 0 Å². The smallest absolute Gasteiger partial charge is 0.410 e. The molecule has 2 aliphatic heterocycles. The van der Waals surface area contributed by atoms with E-state index in [1.807, 2.05) is 51.1 Å². The summed E-state index contributed by atoms with van der Waals surface area (Å²) >= 11 is 0. The maximum absolute atomic E-state index is 13.0. The molecule has 3 aromatic rings. The number of nitriles is 1. The minimum atomic E-state index is -1.92. The summed E-state index contributed by atoms with van der Waals surface area (Å²) in [6.07, 6.45) is 1.45. The molecule has 2 fully saturated rings. The minimum Gasteiger partial charge on any atom is -0.495 e. The lowest BCUT2D eigenvalue weighted by molar-refractivity contribution is -0.152. The Balaban J connectivity index is 1.43. The van der Waals surface area contributed by atoms with Crippen LogP contribution < -0.4 is 9.47 Å². The van der Waals surface area contributed by atoms with Crippen molar-refractivity contribution in [3.05, 3.63) is 89.2 Å². The van der Waals surface area contributed by atoms with Crippen LogP contribution in [0, 0.1) is 17.2 Å². The molecule has 3 aliphatic rings. The standard InChI is InChI=1S/C34H38N4O6/c1-32(2,3)44-31(40)38-16-14-37(15-17-38)21-25-28(23-8-6-5-7-9-23)34(24-12-10-22(18-35)11-13-24)33(41,30(25)39)29-26(42-4)19-36-20-27(29)43-34/h5-13,19-20,25,28,30,39,41H,14-17,21H2,1-4H3/t25-,28?,30-,33+,34+/m1/s1. The molecule has 0 radical (unpaired) electrons. The van der Waals surface area contributed by atoms with Crippen LogP contribution in [0.15, 0.2) is 67.0 Å². The highest BCUT2D eigenvalue weighted by atomic mass is 16.6. The molecule has 6 rings (SSSR count). The van der Waals surface area contributed by atoms with E-state index in [1.165, 1.54) is 13.3 Å². The normalized spacial score (nSPS) is 28.0. The number of aliphatic hydroxyl groups is 2. The number of rotatable bonds is 5. The predicted octanol–water partition coefficient (Wildman–Crippen LogP) is 3.76. The fraction of sp³-hybridized carbons (Fsp3) is 0.441. The Labute approximate surface area is 257 Å². The van der Waals surface area contributed by atoms with Crippen LogP contribution in [-0.4, -0.2) is 82.6 Å². The van der Waals surface area contributed by atoms with E-state index < -0.39 is 34.7 Å². The molecule has 44 heavy (non-hydrogen) atoms. The molecule has 0 spiro atoms. The summed E-state index contributed by atoms with van der Waals surface area (Å²) in [6, 6.07) is 18.9. The first-order chi connectivity index (χ1) is 21.0. The van der Waals surface area contributed by atoms with E-state index in [1.54, 1.807) is 35.4 Å². The zero-order valence-corrected chi connectivity index (χ0v) is 25.4. The molecule has 2 N–H and O–H groups in total. The van der Waals surface area contributed by atoms with Gasteiger partial charge in [-0.3, -0.25) is 9.88 Å². The van der Waals surface area contributed by atoms with Crippen molar-refractivity contribution in [3.63, 3.8) is 0 Å². The molecular formula is C34H38N4O6. The zero-order valence-electron chi connectivity index (χ0n) is 25.4. The van der Waals surface area contributed by atoms with Crippen LogP contribution in [-0.2, 0) is 15.9 Å². The number of ether oxygens (including phenoxy) is 3. The van der Waals surface area contributed by atoms with Gasteiger partial charge in [-0.15, -0.1) is 0 Å². The number of amides is 1. The molecule has 10 heteroatoms. The highest BCUT2D eigenvalue weighted by Crippen LogP contribution is 2.69. The van der Waals surface area contributed by atoms with Crippen molar-refractivity contribution in [1.29, 1.82) is 5.26 Å². The Bertz CT molecular complexity index is 1560. The average molecular weight is 599 g/mol. The third kappa shape index (κ3) is 4.67. The monoisotopic (exact) mass is 598 g/mol. The number of pyridine rings is 1. The highest BCUT2D eigenvalue weighted by molar-refractivity contribution is 5.68. The molecule has 2 aromatic carbocycles. The second-order valence-electron chi connectivity index (χ2n) is 12.8. The van der Waals surface area contributed by atoms with Crippen LogP contribution in [0.5, 0.6) is 11.5 Å². The van der Waals surface area contributed by atoms with E-state index in [4.69, 9.17) is 14.2 Å². The van der Waals surface area contributed by atoms with E-state index in [0.29, 0.717) is 60.9 Å². The number of methoxy groups -OCH3 is 1. The van der Waals surface area contributed by atoms with Gasteiger partial charge in [-0.05, 0) is 44.0 Å².